The monoisotopic (exact) mass is 511 g/mol. The SMILES string of the molecule is Cc1cc(C(C#N)c2ccc(Cl)cc2)c(Cl)cc1NC(=O)C1CC(=O)N(c2ccc(Cl)cc2)C1. The summed E-state index contributed by atoms with van der Waals surface area (Å²) in [5, 5.41) is 14.2. The Kier molecular flexibility index (Phi) is 7.13. The van der Waals surface area contributed by atoms with Crippen LogP contribution in [0.25, 0.3) is 0 Å². The third kappa shape index (κ3) is 5.05. The summed E-state index contributed by atoms with van der Waals surface area (Å²) in [4.78, 5) is 27.1. The Morgan fingerprint density at radius 3 is 2.29 bits per heavy atom. The van der Waals surface area contributed by atoms with E-state index in [1.165, 1.54) is 0 Å². The first-order valence-corrected chi connectivity index (χ1v) is 11.7. The number of carbonyl (C=O) groups excluding carboxylic acids is 2. The van der Waals surface area contributed by atoms with Crippen LogP contribution in [0.2, 0.25) is 15.1 Å². The Hall–Kier alpha value is -3.04. The minimum absolute atomic E-state index is 0.117. The van der Waals surface area contributed by atoms with E-state index in [4.69, 9.17) is 34.8 Å². The second kappa shape index (κ2) is 10.1. The first-order valence-electron chi connectivity index (χ1n) is 10.6. The largest absolute Gasteiger partial charge is 0.325 e. The zero-order valence-electron chi connectivity index (χ0n) is 18.2. The standard InChI is InChI=1S/C26H20Cl3N3O2/c1-15-10-21(22(13-30)16-2-4-18(27)5-3-16)23(29)12-24(15)31-26(34)17-11-25(33)32(14-17)20-8-6-19(28)7-9-20/h2-10,12,17,22H,11,14H2,1H3,(H,31,34). The fourth-order valence-corrected chi connectivity index (χ4v) is 4.55. The van der Waals surface area contributed by atoms with E-state index in [9.17, 15) is 14.9 Å². The van der Waals surface area contributed by atoms with Crippen molar-refractivity contribution in [2.24, 2.45) is 5.92 Å². The molecule has 1 aliphatic rings. The quantitative estimate of drug-likeness (QED) is 0.418. The third-order valence-electron chi connectivity index (χ3n) is 5.88. The van der Waals surface area contributed by atoms with E-state index in [0.29, 0.717) is 32.0 Å². The van der Waals surface area contributed by atoms with E-state index < -0.39 is 11.8 Å². The maximum absolute atomic E-state index is 13.0. The minimum atomic E-state index is -0.575. The Morgan fingerprint density at radius 2 is 1.68 bits per heavy atom. The van der Waals surface area contributed by atoms with Crippen molar-refractivity contribution in [2.45, 2.75) is 19.3 Å². The van der Waals surface area contributed by atoms with Gasteiger partial charge in [0, 0.05) is 39.4 Å². The summed E-state index contributed by atoms with van der Waals surface area (Å²) < 4.78 is 0. The van der Waals surface area contributed by atoms with E-state index >= 15 is 0 Å². The molecule has 1 saturated heterocycles. The number of carbonyl (C=O) groups is 2. The average Bonchev–Trinajstić information content (AvgIpc) is 3.21. The van der Waals surface area contributed by atoms with Crippen LogP contribution in [0.4, 0.5) is 11.4 Å². The summed E-state index contributed by atoms with van der Waals surface area (Å²) in [5.41, 5.74) is 3.44. The molecule has 0 radical (unpaired) electrons. The highest BCUT2D eigenvalue weighted by Crippen LogP contribution is 2.35. The maximum Gasteiger partial charge on any atom is 0.229 e. The molecule has 0 spiro atoms. The number of rotatable bonds is 5. The molecule has 1 heterocycles. The lowest BCUT2D eigenvalue weighted by atomic mass is 9.91. The lowest BCUT2D eigenvalue weighted by Gasteiger charge is -2.18. The van der Waals surface area contributed by atoms with Gasteiger partial charge in [0.15, 0.2) is 0 Å². The van der Waals surface area contributed by atoms with Crippen LogP contribution < -0.4 is 10.2 Å². The molecule has 3 aromatic rings. The van der Waals surface area contributed by atoms with Crippen molar-refractivity contribution in [1.82, 2.24) is 0 Å². The number of anilines is 2. The molecule has 3 aromatic carbocycles. The predicted molar refractivity (Wildman–Crippen MR) is 136 cm³/mol. The fourth-order valence-electron chi connectivity index (χ4n) is 4.03. The van der Waals surface area contributed by atoms with E-state index in [0.717, 1.165) is 11.1 Å². The number of hydrogen-bond acceptors (Lipinski definition) is 3. The van der Waals surface area contributed by atoms with Crippen molar-refractivity contribution < 1.29 is 9.59 Å². The van der Waals surface area contributed by atoms with Gasteiger partial charge >= 0.3 is 0 Å². The Bertz CT molecular complexity index is 1280. The summed E-state index contributed by atoms with van der Waals surface area (Å²) in [6, 6.07) is 19.7. The molecule has 5 nitrogen and oxygen atoms in total. The zero-order chi connectivity index (χ0) is 24.4. The van der Waals surface area contributed by atoms with Crippen LogP contribution in [-0.4, -0.2) is 18.4 Å². The molecule has 2 unspecified atom stereocenters. The number of nitriles is 1. The molecular weight excluding hydrogens is 493 g/mol. The van der Waals surface area contributed by atoms with Gasteiger partial charge in [-0.2, -0.15) is 5.26 Å². The van der Waals surface area contributed by atoms with Crippen LogP contribution in [0.5, 0.6) is 0 Å². The molecule has 2 amide bonds. The van der Waals surface area contributed by atoms with E-state index in [1.54, 1.807) is 65.6 Å². The highest BCUT2D eigenvalue weighted by atomic mass is 35.5. The molecule has 8 heteroatoms. The Morgan fingerprint density at radius 1 is 1.06 bits per heavy atom. The van der Waals surface area contributed by atoms with E-state index in [2.05, 4.69) is 11.4 Å². The van der Waals surface area contributed by atoms with Crippen LogP contribution in [0.1, 0.15) is 29.0 Å². The number of benzene rings is 3. The van der Waals surface area contributed by atoms with Crippen molar-refractivity contribution in [1.29, 1.82) is 5.26 Å². The molecule has 1 fully saturated rings. The number of hydrogen-bond donors (Lipinski definition) is 1. The number of aryl methyl sites for hydroxylation is 1. The second-order valence-corrected chi connectivity index (χ2v) is 9.45. The molecule has 4 rings (SSSR count). The molecule has 172 valence electrons. The smallest absolute Gasteiger partial charge is 0.229 e. The molecule has 0 aliphatic carbocycles. The molecule has 1 aliphatic heterocycles. The second-order valence-electron chi connectivity index (χ2n) is 8.17. The molecule has 34 heavy (non-hydrogen) atoms. The van der Waals surface area contributed by atoms with Crippen LogP contribution in [-0.2, 0) is 9.59 Å². The van der Waals surface area contributed by atoms with Gasteiger partial charge in [0.1, 0.15) is 0 Å². The first-order chi connectivity index (χ1) is 16.3. The highest BCUT2D eigenvalue weighted by molar-refractivity contribution is 6.32. The number of nitrogens with zero attached hydrogens (tertiary/aromatic N) is 2. The van der Waals surface area contributed by atoms with Gasteiger partial charge < -0.3 is 10.2 Å². The topological polar surface area (TPSA) is 73.2 Å². The van der Waals surface area contributed by atoms with Crippen LogP contribution in [0.15, 0.2) is 60.7 Å². The van der Waals surface area contributed by atoms with Crippen molar-refractivity contribution in [3.63, 3.8) is 0 Å². The Balaban J connectivity index is 1.51. The van der Waals surface area contributed by atoms with Gasteiger partial charge in [-0.25, -0.2) is 0 Å². The fraction of sp³-hybridized carbons (Fsp3) is 0.192. The van der Waals surface area contributed by atoms with Gasteiger partial charge in [0.05, 0.1) is 17.9 Å². The lowest BCUT2D eigenvalue weighted by Crippen LogP contribution is -2.28. The zero-order valence-corrected chi connectivity index (χ0v) is 20.5. The van der Waals surface area contributed by atoms with Crippen molar-refractivity contribution >= 4 is 58.0 Å². The van der Waals surface area contributed by atoms with Gasteiger partial charge in [0.2, 0.25) is 11.8 Å². The number of amides is 2. The highest BCUT2D eigenvalue weighted by Gasteiger charge is 2.35. The van der Waals surface area contributed by atoms with Gasteiger partial charge in [-0.1, -0.05) is 53.0 Å². The Labute approximate surface area is 212 Å². The van der Waals surface area contributed by atoms with Gasteiger partial charge in [-0.15, -0.1) is 0 Å². The van der Waals surface area contributed by atoms with Crippen LogP contribution in [0, 0.1) is 24.2 Å². The normalized spacial score (nSPS) is 16.3. The molecule has 0 saturated carbocycles. The lowest BCUT2D eigenvalue weighted by molar-refractivity contribution is -0.122. The summed E-state index contributed by atoms with van der Waals surface area (Å²) >= 11 is 18.4. The molecule has 0 aromatic heterocycles. The van der Waals surface area contributed by atoms with Crippen molar-refractivity contribution in [3.05, 3.63) is 92.4 Å². The molecular formula is C26H20Cl3N3O2. The van der Waals surface area contributed by atoms with Crippen LogP contribution >= 0.6 is 34.8 Å². The van der Waals surface area contributed by atoms with Gasteiger partial charge in [0.25, 0.3) is 0 Å². The maximum atomic E-state index is 13.0. The van der Waals surface area contributed by atoms with Crippen molar-refractivity contribution in [3.8, 4) is 6.07 Å². The summed E-state index contributed by atoms with van der Waals surface area (Å²) in [7, 11) is 0. The summed E-state index contributed by atoms with van der Waals surface area (Å²) in [6.45, 7) is 2.12. The summed E-state index contributed by atoms with van der Waals surface area (Å²) in [6.07, 6.45) is 0.117. The average molecular weight is 513 g/mol. The first kappa shape index (κ1) is 24.1. The minimum Gasteiger partial charge on any atom is -0.325 e. The number of nitrogens with one attached hydrogen (secondary N) is 1. The van der Waals surface area contributed by atoms with Gasteiger partial charge in [-0.3, -0.25) is 9.59 Å². The predicted octanol–water partition coefficient (Wildman–Crippen LogP) is 6.60. The van der Waals surface area contributed by atoms with Gasteiger partial charge in [-0.05, 0) is 66.1 Å². The third-order valence-corrected chi connectivity index (χ3v) is 6.71. The summed E-state index contributed by atoms with van der Waals surface area (Å²) in [5.74, 6) is -1.45. The molecule has 2 atom stereocenters. The van der Waals surface area contributed by atoms with E-state index in [-0.39, 0.29) is 24.8 Å². The van der Waals surface area contributed by atoms with E-state index in [1.807, 2.05) is 6.92 Å². The molecule has 1 N–H and O–H groups in total. The van der Waals surface area contributed by atoms with Crippen molar-refractivity contribution in [2.75, 3.05) is 16.8 Å². The number of halogens is 3. The molecule has 0 bridgehead atoms. The van der Waals surface area contributed by atoms with Crippen LogP contribution in [0.3, 0.4) is 0 Å².